The van der Waals surface area contributed by atoms with Crippen LogP contribution in [0.15, 0.2) is 89.3 Å². The fraction of sp³-hybridized carbons (Fsp3) is 0.0400. The van der Waals surface area contributed by atoms with Crippen LogP contribution in [0, 0.1) is 0 Å². The SMILES string of the molecule is O=Cc1ccc(-c2cc(Cl)cc(OC(=O)c3ccccc3)c2OCc2ccccc2)o1. The highest BCUT2D eigenvalue weighted by molar-refractivity contribution is 6.31. The molecule has 0 aliphatic carbocycles. The van der Waals surface area contributed by atoms with Crippen molar-refractivity contribution in [2.45, 2.75) is 6.61 Å². The van der Waals surface area contributed by atoms with Crippen LogP contribution in [0.2, 0.25) is 5.02 Å². The molecule has 1 heterocycles. The van der Waals surface area contributed by atoms with Crippen molar-refractivity contribution in [2.24, 2.45) is 0 Å². The van der Waals surface area contributed by atoms with Gasteiger partial charge in [-0.3, -0.25) is 4.79 Å². The van der Waals surface area contributed by atoms with Gasteiger partial charge in [-0.2, -0.15) is 0 Å². The van der Waals surface area contributed by atoms with E-state index in [1.54, 1.807) is 42.5 Å². The predicted octanol–water partition coefficient (Wildman–Crippen LogP) is 6.21. The Labute approximate surface area is 183 Å². The number of carbonyl (C=O) groups is 2. The number of aldehydes is 1. The summed E-state index contributed by atoms with van der Waals surface area (Å²) in [6, 6.07) is 24.5. The molecule has 31 heavy (non-hydrogen) atoms. The van der Waals surface area contributed by atoms with Crippen molar-refractivity contribution in [3.63, 3.8) is 0 Å². The average molecular weight is 433 g/mol. The van der Waals surface area contributed by atoms with Crippen molar-refractivity contribution in [1.29, 1.82) is 0 Å². The lowest BCUT2D eigenvalue weighted by Crippen LogP contribution is -2.10. The third-order valence-corrected chi connectivity index (χ3v) is 4.68. The monoisotopic (exact) mass is 432 g/mol. The highest BCUT2D eigenvalue weighted by atomic mass is 35.5. The van der Waals surface area contributed by atoms with Gasteiger partial charge >= 0.3 is 5.97 Å². The second kappa shape index (κ2) is 9.32. The minimum Gasteiger partial charge on any atom is -0.484 e. The zero-order chi connectivity index (χ0) is 21.6. The van der Waals surface area contributed by atoms with Crippen molar-refractivity contribution < 1.29 is 23.5 Å². The molecule has 0 saturated carbocycles. The molecule has 0 N–H and O–H groups in total. The van der Waals surface area contributed by atoms with Gasteiger partial charge in [0.1, 0.15) is 12.4 Å². The molecular weight excluding hydrogens is 416 g/mol. The summed E-state index contributed by atoms with van der Waals surface area (Å²) in [6.45, 7) is 0.229. The van der Waals surface area contributed by atoms with Crippen LogP contribution in [0.4, 0.5) is 0 Å². The van der Waals surface area contributed by atoms with E-state index in [0.717, 1.165) is 5.56 Å². The summed E-state index contributed by atoms with van der Waals surface area (Å²) in [5.74, 6) is 0.406. The molecule has 0 saturated heterocycles. The molecule has 0 spiro atoms. The number of benzene rings is 3. The van der Waals surface area contributed by atoms with Crippen LogP contribution in [-0.2, 0) is 6.61 Å². The molecule has 6 heteroatoms. The maximum Gasteiger partial charge on any atom is 0.343 e. The lowest BCUT2D eigenvalue weighted by atomic mass is 10.1. The first-order valence-corrected chi connectivity index (χ1v) is 9.85. The number of esters is 1. The molecule has 0 aliphatic rings. The van der Waals surface area contributed by atoms with E-state index in [0.29, 0.717) is 28.2 Å². The summed E-state index contributed by atoms with van der Waals surface area (Å²) in [5.41, 5.74) is 1.78. The Kier molecular flexibility index (Phi) is 6.15. The van der Waals surface area contributed by atoms with Gasteiger partial charge in [0.2, 0.25) is 0 Å². The van der Waals surface area contributed by atoms with Gasteiger partial charge in [0.25, 0.3) is 0 Å². The lowest BCUT2D eigenvalue weighted by molar-refractivity contribution is 0.0727. The molecule has 0 fully saturated rings. The Hall–Kier alpha value is -3.83. The standard InChI is InChI=1S/C25H17ClO5/c26-19-13-21(22-12-11-20(15-27)30-22)24(29-16-17-7-3-1-4-8-17)23(14-19)31-25(28)18-9-5-2-6-10-18/h1-15H,16H2. The summed E-state index contributed by atoms with van der Waals surface area (Å²) < 4.78 is 17.3. The van der Waals surface area contributed by atoms with E-state index in [9.17, 15) is 9.59 Å². The maximum absolute atomic E-state index is 12.7. The molecule has 3 aromatic carbocycles. The van der Waals surface area contributed by atoms with Crippen LogP contribution in [0.25, 0.3) is 11.3 Å². The van der Waals surface area contributed by atoms with Gasteiger partial charge in [-0.25, -0.2) is 4.79 Å². The van der Waals surface area contributed by atoms with Gasteiger partial charge < -0.3 is 13.9 Å². The summed E-state index contributed by atoms with van der Waals surface area (Å²) in [4.78, 5) is 23.7. The van der Waals surface area contributed by atoms with Crippen LogP contribution in [-0.4, -0.2) is 12.3 Å². The van der Waals surface area contributed by atoms with Crippen molar-refractivity contribution >= 4 is 23.9 Å². The molecule has 4 aromatic rings. The number of halogens is 1. The minimum absolute atomic E-state index is 0.149. The summed E-state index contributed by atoms with van der Waals surface area (Å²) in [7, 11) is 0. The molecule has 0 radical (unpaired) electrons. The number of hydrogen-bond donors (Lipinski definition) is 0. The van der Waals surface area contributed by atoms with Crippen molar-refractivity contribution in [3.8, 4) is 22.8 Å². The fourth-order valence-corrected chi connectivity index (χ4v) is 3.21. The molecule has 0 amide bonds. The van der Waals surface area contributed by atoms with Gasteiger partial charge in [-0.15, -0.1) is 0 Å². The van der Waals surface area contributed by atoms with Crippen LogP contribution in [0.3, 0.4) is 0 Å². The van der Waals surface area contributed by atoms with Gasteiger partial charge in [0.15, 0.2) is 23.5 Å². The van der Waals surface area contributed by atoms with E-state index in [1.807, 2.05) is 36.4 Å². The van der Waals surface area contributed by atoms with Gasteiger partial charge in [0, 0.05) is 11.1 Å². The fourth-order valence-electron chi connectivity index (χ4n) is 3.00. The number of hydrogen-bond acceptors (Lipinski definition) is 5. The normalized spacial score (nSPS) is 10.5. The Morgan fingerprint density at radius 3 is 2.32 bits per heavy atom. The first kappa shape index (κ1) is 20.4. The van der Waals surface area contributed by atoms with Crippen LogP contribution >= 0.6 is 11.6 Å². The average Bonchev–Trinajstić information content (AvgIpc) is 3.28. The first-order valence-electron chi connectivity index (χ1n) is 9.47. The van der Waals surface area contributed by atoms with Crippen molar-refractivity contribution in [1.82, 2.24) is 0 Å². The van der Waals surface area contributed by atoms with E-state index in [-0.39, 0.29) is 23.9 Å². The topological polar surface area (TPSA) is 65.7 Å². The minimum atomic E-state index is -0.550. The third-order valence-electron chi connectivity index (χ3n) is 4.47. The van der Waals surface area contributed by atoms with Gasteiger partial charge in [-0.05, 0) is 35.9 Å². The van der Waals surface area contributed by atoms with E-state index >= 15 is 0 Å². The zero-order valence-electron chi connectivity index (χ0n) is 16.3. The summed E-state index contributed by atoms with van der Waals surface area (Å²) >= 11 is 6.30. The number of ether oxygens (including phenoxy) is 2. The molecule has 0 bridgehead atoms. The number of furan rings is 1. The van der Waals surface area contributed by atoms with Crippen LogP contribution < -0.4 is 9.47 Å². The highest BCUT2D eigenvalue weighted by Crippen LogP contribution is 2.42. The number of carbonyl (C=O) groups excluding carboxylic acids is 2. The quantitative estimate of drug-likeness (QED) is 0.197. The summed E-state index contributed by atoms with van der Waals surface area (Å²) in [6.07, 6.45) is 0.606. The molecule has 5 nitrogen and oxygen atoms in total. The van der Waals surface area contributed by atoms with E-state index in [2.05, 4.69) is 0 Å². The van der Waals surface area contributed by atoms with Crippen molar-refractivity contribution in [3.05, 3.63) is 107 Å². The lowest BCUT2D eigenvalue weighted by Gasteiger charge is -2.16. The Morgan fingerprint density at radius 2 is 1.65 bits per heavy atom. The van der Waals surface area contributed by atoms with E-state index < -0.39 is 5.97 Å². The van der Waals surface area contributed by atoms with Crippen LogP contribution in [0.5, 0.6) is 11.5 Å². The second-order valence-corrected chi connectivity index (χ2v) is 7.07. The Morgan fingerprint density at radius 1 is 0.935 bits per heavy atom. The molecule has 0 unspecified atom stereocenters. The largest absolute Gasteiger partial charge is 0.484 e. The second-order valence-electron chi connectivity index (χ2n) is 6.63. The van der Waals surface area contributed by atoms with Gasteiger partial charge in [-0.1, -0.05) is 60.1 Å². The Bertz CT molecular complexity index is 1200. The molecule has 0 atom stereocenters. The molecule has 4 rings (SSSR count). The smallest absolute Gasteiger partial charge is 0.343 e. The predicted molar refractivity (Wildman–Crippen MR) is 117 cm³/mol. The van der Waals surface area contributed by atoms with Crippen molar-refractivity contribution in [2.75, 3.05) is 0 Å². The molecule has 1 aromatic heterocycles. The highest BCUT2D eigenvalue weighted by Gasteiger charge is 2.21. The maximum atomic E-state index is 12.7. The van der Waals surface area contributed by atoms with E-state index in [1.165, 1.54) is 6.07 Å². The zero-order valence-corrected chi connectivity index (χ0v) is 17.0. The molecule has 154 valence electrons. The molecular formula is C25H17ClO5. The first-order chi connectivity index (χ1) is 15.1. The van der Waals surface area contributed by atoms with Crippen LogP contribution in [0.1, 0.15) is 26.5 Å². The Balaban J connectivity index is 1.74. The third kappa shape index (κ3) is 4.85. The summed E-state index contributed by atoms with van der Waals surface area (Å²) in [5, 5.41) is 0.321. The van der Waals surface area contributed by atoms with Gasteiger partial charge in [0.05, 0.1) is 11.1 Å². The number of rotatable bonds is 7. The molecule has 0 aliphatic heterocycles. The van der Waals surface area contributed by atoms with E-state index in [4.69, 9.17) is 25.5 Å².